The molecule has 2 rings (SSSR count). The van der Waals surface area contributed by atoms with Gasteiger partial charge in [-0.15, -0.1) is 6.07 Å². The quantitative estimate of drug-likeness (QED) is 0.561. The fourth-order valence-corrected chi connectivity index (χ4v) is 4.10. The van der Waals surface area contributed by atoms with E-state index < -0.39 is 8.24 Å². The molecule has 0 spiro atoms. The van der Waals surface area contributed by atoms with Crippen molar-refractivity contribution in [1.82, 2.24) is 4.23 Å². The van der Waals surface area contributed by atoms with Gasteiger partial charge in [0.2, 0.25) is 0 Å². The third kappa shape index (κ3) is 2.65. The molecule has 0 saturated heterocycles. The zero-order chi connectivity index (χ0) is 12.8. The largest absolute Gasteiger partial charge is 1.00 e. The van der Waals surface area contributed by atoms with E-state index in [-0.39, 0.29) is 18.9 Å². The van der Waals surface area contributed by atoms with Crippen molar-refractivity contribution in [1.29, 1.82) is 0 Å². The van der Waals surface area contributed by atoms with Crippen molar-refractivity contribution in [3.05, 3.63) is 34.9 Å². The van der Waals surface area contributed by atoms with Crippen LogP contribution >= 0.6 is 15.9 Å². The Morgan fingerprint density at radius 3 is 2.39 bits per heavy atom. The molecule has 92 valence electrons. The third-order valence-electron chi connectivity index (χ3n) is 4.01. The van der Waals surface area contributed by atoms with Gasteiger partial charge in [0.25, 0.3) is 0 Å². The Balaban J connectivity index is 0.00000162. The molecule has 4 heteroatoms. The number of benzene rings is 1. The minimum atomic E-state index is -1.55. The van der Waals surface area contributed by atoms with Gasteiger partial charge in [-0.2, -0.15) is 17.5 Å². The van der Waals surface area contributed by atoms with Gasteiger partial charge in [-0.1, -0.05) is 67.6 Å². The summed E-state index contributed by atoms with van der Waals surface area (Å²) in [7, 11) is -1.55. The molecule has 0 bridgehead atoms. The Kier molecular flexibility index (Phi) is 4.66. The predicted molar refractivity (Wildman–Crippen MR) is 81.1 cm³/mol. The maximum Gasteiger partial charge on any atom is 1.00 e. The number of hydrogen-bond donors (Lipinski definition) is 0. The van der Waals surface area contributed by atoms with E-state index in [0.29, 0.717) is 5.04 Å². The maximum atomic E-state index is 3.56. The fraction of sp³-hybridized carbons (Fsp3) is 0.429. The molecule has 0 N–H and O–H groups in total. The first-order valence-corrected chi connectivity index (χ1v) is 9.66. The molecule has 0 aliphatic heterocycles. The van der Waals surface area contributed by atoms with Gasteiger partial charge in [0.15, 0.2) is 0 Å². The molecule has 1 aromatic heterocycles. The summed E-state index contributed by atoms with van der Waals surface area (Å²) < 4.78 is 3.60. The Hall–Kier alpha value is 0.0543. The van der Waals surface area contributed by atoms with Crippen LogP contribution in [0.2, 0.25) is 18.1 Å². The van der Waals surface area contributed by atoms with Crippen LogP contribution in [0.4, 0.5) is 0 Å². The van der Waals surface area contributed by atoms with Crippen LogP contribution in [-0.2, 0) is 0 Å². The molecule has 18 heavy (non-hydrogen) atoms. The van der Waals surface area contributed by atoms with E-state index in [2.05, 4.69) is 84.5 Å². The van der Waals surface area contributed by atoms with Gasteiger partial charge in [0.1, 0.15) is 8.24 Å². The molecule has 0 atom stereocenters. The number of nitrogens with zero attached hydrogens (tertiary/aromatic N) is 1. The van der Waals surface area contributed by atoms with E-state index >= 15 is 0 Å². The first-order chi connectivity index (χ1) is 7.73. The van der Waals surface area contributed by atoms with Crippen LogP contribution in [0.5, 0.6) is 0 Å². The number of rotatable bonds is 1. The minimum absolute atomic E-state index is 0. The van der Waals surface area contributed by atoms with Crippen LogP contribution in [-0.4, -0.2) is 12.5 Å². The number of aromatic nitrogens is 1. The third-order valence-corrected chi connectivity index (χ3v) is 9.74. The van der Waals surface area contributed by atoms with Crippen LogP contribution in [0.3, 0.4) is 0 Å². The average Bonchev–Trinajstić information content (AvgIpc) is 2.58. The molecule has 1 nitrogen and oxygen atoms in total. The van der Waals surface area contributed by atoms with Crippen molar-refractivity contribution >= 4 is 35.1 Å². The van der Waals surface area contributed by atoms with Gasteiger partial charge >= 0.3 is 18.9 Å². The van der Waals surface area contributed by atoms with Crippen molar-refractivity contribution in [2.24, 2.45) is 0 Å². The number of fused-ring (bicyclic) bond motifs is 1. The molecular formula is C14H19BrLiNSi. The molecule has 0 aliphatic rings. The van der Waals surface area contributed by atoms with E-state index in [4.69, 9.17) is 0 Å². The molecule has 0 saturated carbocycles. The van der Waals surface area contributed by atoms with Gasteiger partial charge < -0.3 is 4.23 Å². The molecule has 0 radical (unpaired) electrons. The Morgan fingerprint density at radius 1 is 1.22 bits per heavy atom. The fourth-order valence-electron chi connectivity index (χ4n) is 1.85. The van der Waals surface area contributed by atoms with E-state index in [0.717, 1.165) is 4.47 Å². The summed E-state index contributed by atoms with van der Waals surface area (Å²) in [6.07, 6.45) is 2.13. The van der Waals surface area contributed by atoms with E-state index in [9.17, 15) is 0 Å². The number of hydrogen-bond acceptors (Lipinski definition) is 0. The molecular weight excluding hydrogens is 297 g/mol. The molecule has 1 aromatic carbocycles. The van der Waals surface area contributed by atoms with Crippen molar-refractivity contribution in [3.63, 3.8) is 0 Å². The van der Waals surface area contributed by atoms with E-state index in [1.54, 1.807) is 0 Å². The van der Waals surface area contributed by atoms with Crippen LogP contribution < -0.4 is 18.9 Å². The van der Waals surface area contributed by atoms with Crippen LogP contribution in [0.15, 0.2) is 28.9 Å². The molecule has 2 aromatic rings. The summed E-state index contributed by atoms with van der Waals surface area (Å²) >= 11 is 3.56. The summed E-state index contributed by atoms with van der Waals surface area (Å²) in [6.45, 7) is 11.8. The first kappa shape index (κ1) is 16.1. The Labute approximate surface area is 131 Å². The summed E-state index contributed by atoms with van der Waals surface area (Å²) in [6, 6.07) is 9.78. The van der Waals surface area contributed by atoms with Crippen molar-refractivity contribution in [2.45, 2.75) is 38.9 Å². The zero-order valence-electron chi connectivity index (χ0n) is 12.1. The second kappa shape index (κ2) is 5.21. The second-order valence-electron chi connectivity index (χ2n) is 6.11. The Morgan fingerprint density at radius 2 is 1.83 bits per heavy atom. The van der Waals surface area contributed by atoms with Gasteiger partial charge in [-0.25, -0.2) is 0 Å². The summed E-state index contributed by atoms with van der Waals surface area (Å²) in [5, 5.41) is 1.53. The smallest absolute Gasteiger partial charge is 0.437 e. The zero-order valence-corrected chi connectivity index (χ0v) is 14.7. The topological polar surface area (TPSA) is 4.93 Å². The first-order valence-electron chi connectivity index (χ1n) is 5.92. The SMILES string of the molecule is CC(C)(C)[Si](C)(C)n1c[c-]c2ccc(Br)cc21.[Li+]. The van der Waals surface area contributed by atoms with Crippen LogP contribution in [0, 0.1) is 6.07 Å². The molecule has 0 fully saturated rings. The standard InChI is InChI=1S/C14H19BrNSi.Li/c1-14(2,3)17(4,5)16-9-8-11-6-7-12(15)10-13(11)16;/h6-7,9-10H,1-5H3;/q-1;+1. The van der Waals surface area contributed by atoms with Gasteiger partial charge in [0, 0.05) is 0 Å². The molecule has 0 aliphatic carbocycles. The molecule has 0 unspecified atom stereocenters. The number of halogens is 1. The second-order valence-corrected chi connectivity index (χ2v) is 12.1. The summed E-state index contributed by atoms with van der Waals surface area (Å²) in [5.74, 6) is 0. The van der Waals surface area contributed by atoms with Crippen LogP contribution in [0.1, 0.15) is 20.8 Å². The van der Waals surface area contributed by atoms with E-state index in [1.807, 2.05) is 0 Å². The molecule has 0 amide bonds. The van der Waals surface area contributed by atoms with E-state index in [1.165, 1.54) is 10.9 Å². The predicted octanol–water partition coefficient (Wildman–Crippen LogP) is 2.06. The van der Waals surface area contributed by atoms with Crippen molar-refractivity contribution in [3.8, 4) is 0 Å². The monoisotopic (exact) mass is 315 g/mol. The van der Waals surface area contributed by atoms with Gasteiger partial charge in [0.05, 0.1) is 0 Å². The minimum Gasteiger partial charge on any atom is -0.437 e. The van der Waals surface area contributed by atoms with Crippen molar-refractivity contribution < 1.29 is 18.9 Å². The normalized spacial score (nSPS) is 12.6. The van der Waals surface area contributed by atoms with Crippen molar-refractivity contribution in [2.75, 3.05) is 0 Å². The average molecular weight is 316 g/mol. The van der Waals surface area contributed by atoms with Gasteiger partial charge in [-0.05, 0) is 9.51 Å². The van der Waals surface area contributed by atoms with Gasteiger partial charge in [-0.3, -0.25) is 0 Å². The maximum absolute atomic E-state index is 3.56. The van der Waals surface area contributed by atoms with Crippen LogP contribution in [0.25, 0.3) is 10.9 Å². The summed E-state index contributed by atoms with van der Waals surface area (Å²) in [4.78, 5) is 0. The Bertz CT molecular complexity index is 554. The summed E-state index contributed by atoms with van der Waals surface area (Å²) in [5.41, 5.74) is 1.30. The molecule has 1 heterocycles.